The number of pyridine rings is 1. The summed E-state index contributed by atoms with van der Waals surface area (Å²) in [4.78, 5) is 24.5. The number of nitrogens with zero attached hydrogens (tertiary/aromatic N) is 3. The zero-order valence-electron chi connectivity index (χ0n) is 17.9. The van der Waals surface area contributed by atoms with Gasteiger partial charge in [-0.2, -0.15) is 0 Å². The Balaban J connectivity index is 1.52. The maximum Gasteiger partial charge on any atom is 0.233 e. The van der Waals surface area contributed by atoms with Gasteiger partial charge in [0.25, 0.3) is 0 Å². The predicted molar refractivity (Wildman–Crippen MR) is 132 cm³/mol. The Morgan fingerprint density at radius 2 is 1.84 bits per heavy atom. The van der Waals surface area contributed by atoms with Crippen LogP contribution in [-0.4, -0.2) is 15.9 Å². The summed E-state index contributed by atoms with van der Waals surface area (Å²) in [6.07, 6.45) is 4.84. The zero-order valence-corrected chi connectivity index (χ0v) is 18.7. The molecule has 158 valence electrons. The minimum Gasteiger partial charge on any atom is -0.283 e. The first kappa shape index (κ1) is 20.3. The largest absolute Gasteiger partial charge is 0.283 e. The molecule has 0 aliphatic carbocycles. The summed E-state index contributed by atoms with van der Waals surface area (Å²) < 4.78 is 1.11. The van der Waals surface area contributed by atoms with Gasteiger partial charge in [-0.05, 0) is 52.1 Å². The molecule has 0 unspecified atom stereocenters. The van der Waals surface area contributed by atoms with E-state index in [0.717, 1.165) is 43.7 Å². The molecular weight excluding hydrogens is 414 g/mol. The van der Waals surface area contributed by atoms with Crippen molar-refractivity contribution < 1.29 is 4.79 Å². The fraction of sp³-hybridized carbons (Fsp3) is 0.148. The second-order valence-electron chi connectivity index (χ2n) is 7.81. The quantitative estimate of drug-likeness (QED) is 0.318. The summed E-state index contributed by atoms with van der Waals surface area (Å²) in [5, 5.41) is 2.98. The van der Waals surface area contributed by atoms with Crippen molar-refractivity contribution in [3.05, 3.63) is 102 Å². The molecule has 0 atom stereocenters. The number of carbonyl (C=O) groups excluding carboxylic acids is 1. The van der Waals surface area contributed by atoms with Crippen LogP contribution in [0.2, 0.25) is 0 Å². The Bertz CT molecular complexity index is 1390. The molecule has 0 N–H and O–H groups in total. The topological polar surface area (TPSA) is 46.1 Å². The lowest BCUT2D eigenvalue weighted by Crippen LogP contribution is -2.31. The maximum atomic E-state index is 13.6. The summed E-state index contributed by atoms with van der Waals surface area (Å²) in [7, 11) is 0. The highest BCUT2D eigenvalue weighted by molar-refractivity contribution is 7.22. The third kappa shape index (κ3) is 4.12. The van der Waals surface area contributed by atoms with Crippen molar-refractivity contribution in [3.63, 3.8) is 0 Å². The van der Waals surface area contributed by atoms with Gasteiger partial charge in [0.05, 0.1) is 23.2 Å². The minimum atomic E-state index is 0.0278. The number of amides is 1. The zero-order chi connectivity index (χ0) is 21.9. The van der Waals surface area contributed by atoms with Gasteiger partial charge < -0.3 is 0 Å². The monoisotopic (exact) mass is 437 g/mol. The Hall–Kier alpha value is -3.57. The molecule has 0 aliphatic heterocycles. The van der Waals surface area contributed by atoms with E-state index in [0.29, 0.717) is 13.0 Å². The molecule has 0 spiro atoms. The van der Waals surface area contributed by atoms with Crippen LogP contribution in [0.3, 0.4) is 0 Å². The van der Waals surface area contributed by atoms with E-state index >= 15 is 0 Å². The molecule has 0 fully saturated rings. The number of aromatic nitrogens is 2. The summed E-state index contributed by atoms with van der Waals surface area (Å²) in [6.45, 7) is 2.59. The lowest BCUT2D eigenvalue weighted by Gasteiger charge is -2.20. The van der Waals surface area contributed by atoms with Crippen molar-refractivity contribution in [2.45, 2.75) is 26.3 Å². The first-order chi connectivity index (χ1) is 15.7. The summed E-state index contributed by atoms with van der Waals surface area (Å²) >= 11 is 1.57. The molecule has 32 heavy (non-hydrogen) atoms. The first-order valence-corrected chi connectivity index (χ1v) is 11.6. The van der Waals surface area contributed by atoms with Crippen LogP contribution in [0.5, 0.6) is 0 Å². The molecule has 1 amide bonds. The predicted octanol–water partition coefficient (Wildman–Crippen LogP) is 6.18. The van der Waals surface area contributed by atoms with Crippen LogP contribution >= 0.6 is 11.3 Å². The van der Waals surface area contributed by atoms with Gasteiger partial charge in [-0.3, -0.25) is 14.7 Å². The van der Waals surface area contributed by atoms with Gasteiger partial charge >= 0.3 is 0 Å². The number of fused-ring (bicyclic) bond motifs is 2. The lowest BCUT2D eigenvalue weighted by molar-refractivity contribution is -0.118. The van der Waals surface area contributed by atoms with E-state index in [-0.39, 0.29) is 5.91 Å². The third-order valence-electron chi connectivity index (χ3n) is 5.67. The van der Waals surface area contributed by atoms with Gasteiger partial charge in [-0.25, -0.2) is 4.98 Å². The number of hydrogen-bond donors (Lipinski definition) is 0. The van der Waals surface area contributed by atoms with E-state index in [4.69, 9.17) is 4.98 Å². The molecule has 2 aromatic heterocycles. The Morgan fingerprint density at radius 3 is 2.69 bits per heavy atom. The van der Waals surface area contributed by atoms with Gasteiger partial charge in [0, 0.05) is 12.4 Å². The lowest BCUT2D eigenvalue weighted by atomic mass is 10.0. The van der Waals surface area contributed by atoms with E-state index in [1.54, 1.807) is 28.6 Å². The molecule has 4 nitrogen and oxygen atoms in total. The van der Waals surface area contributed by atoms with Crippen molar-refractivity contribution in [2.24, 2.45) is 0 Å². The number of rotatable bonds is 6. The SMILES string of the molecule is CCc1ccc2nc(N(Cc3cccnc3)C(=O)Cc3cccc4ccccc34)sc2c1. The smallest absolute Gasteiger partial charge is 0.233 e. The first-order valence-electron chi connectivity index (χ1n) is 10.8. The number of benzene rings is 3. The average Bonchev–Trinajstić information content (AvgIpc) is 3.26. The summed E-state index contributed by atoms with van der Waals surface area (Å²) in [5.74, 6) is 0.0278. The van der Waals surface area contributed by atoms with Gasteiger partial charge in [0.15, 0.2) is 5.13 Å². The second-order valence-corrected chi connectivity index (χ2v) is 8.82. The fourth-order valence-corrected chi connectivity index (χ4v) is 4.98. The van der Waals surface area contributed by atoms with Crippen molar-refractivity contribution in [1.82, 2.24) is 9.97 Å². The van der Waals surface area contributed by atoms with E-state index in [2.05, 4.69) is 42.2 Å². The van der Waals surface area contributed by atoms with Crippen LogP contribution in [0.15, 0.2) is 85.2 Å². The van der Waals surface area contributed by atoms with E-state index in [1.165, 1.54) is 5.56 Å². The molecular formula is C27H23N3OS. The summed E-state index contributed by atoms with van der Waals surface area (Å²) in [6, 6.07) is 24.5. The highest BCUT2D eigenvalue weighted by atomic mass is 32.1. The van der Waals surface area contributed by atoms with Gasteiger partial charge in [0.1, 0.15) is 0 Å². The van der Waals surface area contributed by atoms with Crippen molar-refractivity contribution >= 4 is 43.4 Å². The van der Waals surface area contributed by atoms with Gasteiger partial charge in [-0.15, -0.1) is 0 Å². The third-order valence-corrected chi connectivity index (χ3v) is 6.71. The molecule has 5 heteroatoms. The number of thiazole rings is 1. The number of carbonyl (C=O) groups is 1. The number of hydrogen-bond acceptors (Lipinski definition) is 4. The van der Waals surface area contributed by atoms with E-state index in [9.17, 15) is 4.79 Å². The van der Waals surface area contributed by atoms with Gasteiger partial charge in [0.2, 0.25) is 5.91 Å². The number of anilines is 1. The number of aryl methyl sites for hydroxylation is 1. The molecule has 0 saturated heterocycles. The Labute approximate surface area is 191 Å². The van der Waals surface area contributed by atoms with E-state index < -0.39 is 0 Å². The van der Waals surface area contributed by atoms with Gasteiger partial charge in [-0.1, -0.05) is 72.9 Å². The minimum absolute atomic E-state index is 0.0278. The highest BCUT2D eigenvalue weighted by Crippen LogP contribution is 2.31. The molecule has 5 rings (SSSR count). The molecule has 2 heterocycles. The molecule has 0 radical (unpaired) electrons. The molecule has 0 bridgehead atoms. The van der Waals surface area contributed by atoms with Crippen molar-refractivity contribution in [1.29, 1.82) is 0 Å². The van der Waals surface area contributed by atoms with Crippen LogP contribution in [0.1, 0.15) is 23.6 Å². The second kappa shape index (κ2) is 8.89. The van der Waals surface area contributed by atoms with Crippen molar-refractivity contribution in [3.8, 4) is 0 Å². The molecule has 3 aromatic carbocycles. The summed E-state index contributed by atoms with van der Waals surface area (Å²) in [5.41, 5.74) is 4.20. The fourth-order valence-electron chi connectivity index (χ4n) is 3.93. The highest BCUT2D eigenvalue weighted by Gasteiger charge is 2.21. The van der Waals surface area contributed by atoms with E-state index in [1.807, 2.05) is 42.5 Å². The maximum absolute atomic E-state index is 13.6. The normalized spacial score (nSPS) is 11.2. The Morgan fingerprint density at radius 1 is 0.969 bits per heavy atom. The van der Waals surface area contributed by atoms with Crippen LogP contribution in [0.25, 0.3) is 21.0 Å². The van der Waals surface area contributed by atoms with Crippen LogP contribution in [0, 0.1) is 0 Å². The standard InChI is InChI=1S/C27H23N3OS/c1-2-19-12-13-24-25(15-19)32-27(29-24)30(18-20-7-6-14-28-17-20)26(31)16-22-10-5-9-21-8-3-4-11-23(21)22/h3-15,17H,2,16,18H2,1H3. The van der Waals surface area contributed by atoms with Crippen LogP contribution in [-0.2, 0) is 24.2 Å². The molecule has 0 aliphatic rings. The van der Waals surface area contributed by atoms with Crippen molar-refractivity contribution in [2.75, 3.05) is 4.90 Å². The van der Waals surface area contributed by atoms with Crippen LogP contribution < -0.4 is 4.90 Å². The van der Waals surface area contributed by atoms with Crippen LogP contribution in [0.4, 0.5) is 5.13 Å². The average molecular weight is 438 g/mol. The molecule has 5 aromatic rings. The Kier molecular flexibility index (Phi) is 5.65. The molecule has 0 saturated carbocycles.